The maximum atomic E-state index is 10.6. The van der Waals surface area contributed by atoms with Gasteiger partial charge < -0.3 is 10.1 Å². The van der Waals surface area contributed by atoms with E-state index in [2.05, 4.69) is 9.97 Å². The van der Waals surface area contributed by atoms with E-state index in [0.717, 1.165) is 6.20 Å². The summed E-state index contributed by atoms with van der Waals surface area (Å²) in [6.07, 6.45) is 1.04. The highest BCUT2D eigenvalue weighted by molar-refractivity contribution is 5.86. The average Bonchev–Trinajstić information content (AvgIpc) is 1.94. The summed E-state index contributed by atoms with van der Waals surface area (Å²) >= 11 is 0. The van der Waals surface area contributed by atoms with E-state index in [1.54, 1.807) is 0 Å². The highest BCUT2D eigenvalue weighted by atomic mass is 16.4. The van der Waals surface area contributed by atoms with Crippen LogP contribution in [0.4, 0.5) is 0 Å². The molecule has 11 heavy (non-hydrogen) atoms. The van der Waals surface area contributed by atoms with E-state index < -0.39 is 11.5 Å². The van der Waals surface area contributed by atoms with Crippen LogP contribution in [0.3, 0.4) is 0 Å². The lowest BCUT2D eigenvalue weighted by atomic mass is 10.3. The van der Waals surface area contributed by atoms with Crippen LogP contribution in [0.1, 0.15) is 16.2 Å². The summed E-state index contributed by atoms with van der Waals surface area (Å²) in [7, 11) is 0. The minimum absolute atomic E-state index is 0.155. The van der Waals surface area contributed by atoms with Gasteiger partial charge in [-0.2, -0.15) is 0 Å². The molecule has 5 nitrogen and oxygen atoms in total. The molecule has 58 valence electrons. The normalized spacial score (nSPS) is 9.55. The first-order chi connectivity index (χ1) is 5.11. The number of hydrogen-bond acceptors (Lipinski definition) is 3. The van der Waals surface area contributed by atoms with E-state index in [9.17, 15) is 9.59 Å². The predicted octanol–water partition coefficient (Wildman–Crippen LogP) is -0.223. The van der Waals surface area contributed by atoms with Crippen LogP contribution in [0.15, 0.2) is 11.0 Å². The van der Waals surface area contributed by atoms with Gasteiger partial charge in [0.25, 0.3) is 5.56 Å². The Morgan fingerprint density at radius 2 is 2.36 bits per heavy atom. The second kappa shape index (κ2) is 2.53. The number of carboxylic acids is 1. The monoisotopic (exact) mass is 154 g/mol. The first-order valence-corrected chi connectivity index (χ1v) is 2.90. The zero-order valence-electron chi connectivity index (χ0n) is 5.79. The van der Waals surface area contributed by atoms with Gasteiger partial charge in [0.05, 0.1) is 11.9 Å². The summed E-state index contributed by atoms with van der Waals surface area (Å²) in [5.41, 5.74) is -0.359. The fourth-order valence-electron chi connectivity index (χ4n) is 0.674. The topological polar surface area (TPSA) is 83.0 Å². The molecule has 0 amide bonds. The van der Waals surface area contributed by atoms with Crippen molar-refractivity contribution in [2.45, 2.75) is 6.92 Å². The van der Waals surface area contributed by atoms with Gasteiger partial charge in [-0.05, 0) is 6.92 Å². The number of rotatable bonds is 1. The molecule has 5 heteroatoms. The van der Waals surface area contributed by atoms with E-state index in [1.165, 1.54) is 6.92 Å². The molecule has 0 saturated carbocycles. The molecule has 2 N–H and O–H groups in total. The summed E-state index contributed by atoms with van der Waals surface area (Å²) in [4.78, 5) is 26.7. The third-order valence-corrected chi connectivity index (χ3v) is 1.20. The van der Waals surface area contributed by atoms with Crippen molar-refractivity contribution in [1.29, 1.82) is 0 Å². The van der Waals surface area contributed by atoms with Gasteiger partial charge in [0.2, 0.25) is 0 Å². The minimum Gasteiger partial charge on any atom is -0.477 e. The van der Waals surface area contributed by atoms with Gasteiger partial charge in [-0.3, -0.25) is 9.78 Å². The van der Waals surface area contributed by atoms with Gasteiger partial charge in [0.1, 0.15) is 5.69 Å². The first-order valence-electron chi connectivity index (χ1n) is 2.90. The fourth-order valence-corrected chi connectivity index (χ4v) is 0.674. The van der Waals surface area contributed by atoms with Gasteiger partial charge in [0, 0.05) is 0 Å². The van der Waals surface area contributed by atoms with Crippen molar-refractivity contribution >= 4 is 5.97 Å². The lowest BCUT2D eigenvalue weighted by Gasteiger charge is -1.95. The molecule has 0 saturated heterocycles. The van der Waals surface area contributed by atoms with Crippen molar-refractivity contribution in [2.75, 3.05) is 0 Å². The number of carboxylic acid groups (broad SMARTS) is 1. The molecule has 0 aromatic carbocycles. The van der Waals surface area contributed by atoms with Gasteiger partial charge >= 0.3 is 5.97 Å². The van der Waals surface area contributed by atoms with Crippen LogP contribution in [-0.4, -0.2) is 21.0 Å². The molecule has 0 unspecified atom stereocenters. The van der Waals surface area contributed by atoms with Crippen molar-refractivity contribution in [3.63, 3.8) is 0 Å². The molecule has 0 aliphatic rings. The number of aromatic carboxylic acids is 1. The lowest BCUT2D eigenvalue weighted by molar-refractivity contribution is 0.0688. The molecule has 1 heterocycles. The average molecular weight is 154 g/mol. The summed E-state index contributed by atoms with van der Waals surface area (Å²) in [6, 6.07) is 0. The lowest BCUT2D eigenvalue weighted by Crippen LogP contribution is -2.15. The molecule has 1 rings (SSSR count). The van der Waals surface area contributed by atoms with Crippen molar-refractivity contribution in [3.05, 3.63) is 27.9 Å². The number of aryl methyl sites for hydroxylation is 1. The summed E-state index contributed by atoms with van der Waals surface area (Å²) < 4.78 is 0. The number of aromatic nitrogens is 2. The van der Waals surface area contributed by atoms with Gasteiger partial charge in [-0.15, -0.1) is 0 Å². The van der Waals surface area contributed by atoms with E-state index in [0.29, 0.717) is 5.69 Å². The van der Waals surface area contributed by atoms with E-state index in [4.69, 9.17) is 5.11 Å². The Morgan fingerprint density at radius 1 is 1.73 bits per heavy atom. The third kappa shape index (κ3) is 1.43. The number of aromatic amines is 1. The summed E-state index contributed by atoms with van der Waals surface area (Å²) in [5, 5.41) is 8.48. The first kappa shape index (κ1) is 7.46. The van der Waals surface area contributed by atoms with Crippen LogP contribution in [0.5, 0.6) is 0 Å². The smallest absolute Gasteiger partial charge is 0.354 e. The van der Waals surface area contributed by atoms with E-state index in [1.807, 2.05) is 0 Å². The van der Waals surface area contributed by atoms with Crippen molar-refractivity contribution in [1.82, 2.24) is 9.97 Å². The Morgan fingerprint density at radius 3 is 2.82 bits per heavy atom. The molecule has 0 spiro atoms. The highest BCUT2D eigenvalue weighted by Crippen LogP contribution is 1.95. The number of H-pyrrole nitrogens is 1. The predicted molar refractivity (Wildman–Crippen MR) is 36.6 cm³/mol. The Labute approximate surface area is 61.7 Å². The maximum Gasteiger partial charge on any atom is 0.354 e. The molecule has 0 atom stereocenters. The molecule has 0 fully saturated rings. The highest BCUT2D eigenvalue weighted by Gasteiger charge is 2.07. The molecular weight excluding hydrogens is 148 g/mol. The summed E-state index contributed by atoms with van der Waals surface area (Å²) in [5.74, 6) is -1.17. The molecule has 0 aliphatic heterocycles. The largest absolute Gasteiger partial charge is 0.477 e. The molecule has 0 aliphatic carbocycles. The quantitative estimate of drug-likeness (QED) is 0.585. The number of hydrogen-bond donors (Lipinski definition) is 2. The Bertz CT molecular complexity index is 342. The standard InChI is InChI=1S/C6H6N2O3/c1-3-5(6(10)11)8-4(9)2-7-3/h2H,1H3,(H,8,9)(H,10,11). The maximum absolute atomic E-state index is 10.6. The molecule has 0 bridgehead atoms. The van der Waals surface area contributed by atoms with Crippen LogP contribution in [0, 0.1) is 6.92 Å². The van der Waals surface area contributed by atoms with Gasteiger partial charge in [-0.1, -0.05) is 0 Å². The van der Waals surface area contributed by atoms with Crippen LogP contribution >= 0.6 is 0 Å². The SMILES string of the molecule is Cc1ncc(=O)[nH]c1C(=O)O. The van der Waals surface area contributed by atoms with Crippen LogP contribution in [-0.2, 0) is 0 Å². The fraction of sp³-hybridized carbons (Fsp3) is 0.167. The minimum atomic E-state index is -1.17. The van der Waals surface area contributed by atoms with Crippen LogP contribution in [0.2, 0.25) is 0 Å². The van der Waals surface area contributed by atoms with E-state index in [-0.39, 0.29) is 5.69 Å². The van der Waals surface area contributed by atoms with E-state index >= 15 is 0 Å². The molecule has 1 aromatic rings. The molecule has 1 aromatic heterocycles. The van der Waals surface area contributed by atoms with Gasteiger partial charge in [0.15, 0.2) is 0 Å². The van der Waals surface area contributed by atoms with Gasteiger partial charge in [-0.25, -0.2) is 4.79 Å². The Balaban J connectivity index is 3.35. The molecule has 0 radical (unpaired) electrons. The van der Waals surface area contributed by atoms with Crippen molar-refractivity contribution in [3.8, 4) is 0 Å². The zero-order valence-corrected chi connectivity index (χ0v) is 5.79. The summed E-state index contributed by atoms with van der Waals surface area (Å²) in [6.45, 7) is 1.51. The third-order valence-electron chi connectivity index (χ3n) is 1.20. The number of carbonyl (C=O) groups is 1. The van der Waals surface area contributed by atoms with Crippen molar-refractivity contribution < 1.29 is 9.90 Å². The second-order valence-electron chi connectivity index (χ2n) is 2.01. The zero-order chi connectivity index (χ0) is 8.43. The van der Waals surface area contributed by atoms with Crippen LogP contribution in [0.25, 0.3) is 0 Å². The Kier molecular flexibility index (Phi) is 1.72. The number of nitrogens with one attached hydrogen (secondary N) is 1. The van der Waals surface area contributed by atoms with Crippen LogP contribution < -0.4 is 5.56 Å². The van der Waals surface area contributed by atoms with Crippen molar-refractivity contribution in [2.24, 2.45) is 0 Å². The molecular formula is C6H6N2O3. The number of nitrogens with zero attached hydrogens (tertiary/aromatic N) is 1. The Hall–Kier alpha value is -1.65. The second-order valence-corrected chi connectivity index (χ2v) is 2.01.